The van der Waals surface area contributed by atoms with Crippen molar-refractivity contribution in [3.05, 3.63) is 0 Å². The van der Waals surface area contributed by atoms with Gasteiger partial charge in [-0.3, -0.25) is 0 Å². The van der Waals surface area contributed by atoms with Crippen LogP contribution in [0.1, 0.15) is 20.8 Å². The molecule has 1 fully saturated rings. The van der Waals surface area contributed by atoms with Crippen LogP contribution in [-0.2, 0) is 0 Å². The molecule has 0 aromatic rings. The highest BCUT2D eigenvalue weighted by molar-refractivity contribution is 5.74. The van der Waals surface area contributed by atoms with E-state index in [1.54, 1.807) is 0 Å². The van der Waals surface area contributed by atoms with Crippen LogP contribution in [0.3, 0.4) is 0 Å². The first kappa shape index (κ1) is 11.3. The molecule has 0 atom stereocenters. The summed E-state index contributed by atoms with van der Waals surface area (Å²) in [6, 6.07) is 0.595. The minimum absolute atomic E-state index is 0.184. The highest BCUT2D eigenvalue weighted by Gasteiger charge is 2.29. The molecule has 0 unspecified atom stereocenters. The summed E-state index contributed by atoms with van der Waals surface area (Å²) in [5.74, 6) is 0. The molecule has 14 heavy (non-hydrogen) atoms. The molecule has 82 valence electrons. The zero-order valence-corrected chi connectivity index (χ0v) is 9.42. The molecule has 0 spiro atoms. The Morgan fingerprint density at radius 2 is 1.79 bits per heavy atom. The van der Waals surface area contributed by atoms with E-state index in [9.17, 15) is 4.79 Å². The second kappa shape index (κ2) is 5.20. The molecule has 1 aliphatic heterocycles. The SMILES string of the molecule is CCN(CC)C(=O)N(CC)C1CNC1. The normalized spacial score (nSPS) is 16.2. The van der Waals surface area contributed by atoms with Gasteiger partial charge in [0.05, 0.1) is 6.04 Å². The lowest BCUT2D eigenvalue weighted by Gasteiger charge is -2.39. The first-order valence-electron chi connectivity index (χ1n) is 5.50. The van der Waals surface area contributed by atoms with Crippen molar-refractivity contribution in [3.8, 4) is 0 Å². The van der Waals surface area contributed by atoms with Crippen molar-refractivity contribution in [1.82, 2.24) is 15.1 Å². The molecule has 1 rings (SSSR count). The molecule has 1 heterocycles. The van der Waals surface area contributed by atoms with Gasteiger partial charge in [0.1, 0.15) is 0 Å². The van der Waals surface area contributed by atoms with Gasteiger partial charge in [-0.15, -0.1) is 0 Å². The van der Waals surface area contributed by atoms with Crippen LogP contribution in [-0.4, -0.2) is 54.6 Å². The molecular formula is C10H21N3O. The lowest BCUT2D eigenvalue weighted by atomic mass is 10.1. The minimum atomic E-state index is 0.184. The molecule has 0 aromatic carbocycles. The predicted octanol–water partition coefficient (Wildman–Crippen LogP) is 0.742. The molecule has 0 bridgehead atoms. The Kier molecular flexibility index (Phi) is 4.20. The summed E-state index contributed by atoms with van der Waals surface area (Å²) < 4.78 is 0. The van der Waals surface area contributed by atoms with E-state index >= 15 is 0 Å². The summed E-state index contributed by atoms with van der Waals surface area (Å²) >= 11 is 0. The van der Waals surface area contributed by atoms with Crippen molar-refractivity contribution in [2.45, 2.75) is 26.8 Å². The maximum atomic E-state index is 12.0. The number of likely N-dealkylation sites (N-methyl/N-ethyl adjacent to an activating group) is 1. The van der Waals surface area contributed by atoms with Crippen molar-refractivity contribution in [2.24, 2.45) is 0 Å². The lowest BCUT2D eigenvalue weighted by Crippen LogP contribution is -2.61. The molecule has 0 aromatic heterocycles. The number of rotatable bonds is 4. The zero-order chi connectivity index (χ0) is 10.6. The first-order valence-corrected chi connectivity index (χ1v) is 5.50. The van der Waals surface area contributed by atoms with E-state index in [2.05, 4.69) is 5.32 Å². The van der Waals surface area contributed by atoms with Crippen LogP contribution in [0.5, 0.6) is 0 Å². The maximum Gasteiger partial charge on any atom is 0.320 e. The first-order chi connectivity index (χ1) is 6.74. The molecule has 1 N–H and O–H groups in total. The van der Waals surface area contributed by atoms with Crippen molar-refractivity contribution < 1.29 is 4.79 Å². The third-order valence-electron chi connectivity index (χ3n) is 2.82. The van der Waals surface area contributed by atoms with Crippen LogP contribution in [0, 0.1) is 0 Å². The number of hydrogen-bond donors (Lipinski definition) is 1. The van der Waals surface area contributed by atoms with E-state index in [0.717, 1.165) is 32.7 Å². The topological polar surface area (TPSA) is 35.6 Å². The van der Waals surface area contributed by atoms with E-state index in [1.165, 1.54) is 0 Å². The van der Waals surface area contributed by atoms with Crippen LogP contribution < -0.4 is 5.32 Å². The van der Waals surface area contributed by atoms with Crippen LogP contribution in [0.15, 0.2) is 0 Å². The average Bonchev–Trinajstić information content (AvgIpc) is 2.12. The van der Waals surface area contributed by atoms with Crippen molar-refractivity contribution >= 4 is 6.03 Å². The van der Waals surface area contributed by atoms with Gasteiger partial charge in [-0.05, 0) is 20.8 Å². The Hall–Kier alpha value is -0.770. The smallest absolute Gasteiger partial charge is 0.320 e. The van der Waals surface area contributed by atoms with E-state index in [-0.39, 0.29) is 6.03 Å². The fourth-order valence-corrected chi connectivity index (χ4v) is 1.72. The van der Waals surface area contributed by atoms with Gasteiger partial charge in [0, 0.05) is 32.7 Å². The summed E-state index contributed by atoms with van der Waals surface area (Å²) in [5, 5.41) is 3.19. The van der Waals surface area contributed by atoms with Gasteiger partial charge in [-0.1, -0.05) is 0 Å². The van der Waals surface area contributed by atoms with Gasteiger partial charge >= 0.3 is 6.03 Å². The Morgan fingerprint density at radius 1 is 1.21 bits per heavy atom. The van der Waals surface area contributed by atoms with Crippen molar-refractivity contribution in [3.63, 3.8) is 0 Å². The summed E-state index contributed by atoms with van der Waals surface area (Å²) in [6.45, 7) is 10.4. The zero-order valence-electron chi connectivity index (χ0n) is 9.42. The van der Waals surface area contributed by atoms with Crippen molar-refractivity contribution in [2.75, 3.05) is 32.7 Å². The minimum Gasteiger partial charge on any atom is -0.325 e. The standard InChI is InChI=1S/C10H21N3O/c1-4-12(5-2)10(14)13(6-3)9-7-11-8-9/h9,11H,4-8H2,1-3H3. The van der Waals surface area contributed by atoms with E-state index < -0.39 is 0 Å². The molecule has 0 aliphatic carbocycles. The third-order valence-corrected chi connectivity index (χ3v) is 2.82. The van der Waals surface area contributed by atoms with Gasteiger partial charge in [0.2, 0.25) is 0 Å². The van der Waals surface area contributed by atoms with Crippen LogP contribution >= 0.6 is 0 Å². The second-order valence-corrected chi connectivity index (χ2v) is 3.55. The van der Waals surface area contributed by atoms with Gasteiger partial charge < -0.3 is 15.1 Å². The van der Waals surface area contributed by atoms with Gasteiger partial charge in [0.25, 0.3) is 0 Å². The number of carbonyl (C=O) groups is 1. The van der Waals surface area contributed by atoms with Gasteiger partial charge in [-0.2, -0.15) is 0 Å². The summed E-state index contributed by atoms with van der Waals surface area (Å²) in [4.78, 5) is 15.8. The van der Waals surface area contributed by atoms with Crippen LogP contribution in [0.25, 0.3) is 0 Å². The molecular weight excluding hydrogens is 178 g/mol. The fraction of sp³-hybridized carbons (Fsp3) is 0.900. The monoisotopic (exact) mass is 199 g/mol. The second-order valence-electron chi connectivity index (χ2n) is 3.55. The quantitative estimate of drug-likeness (QED) is 0.725. The maximum absolute atomic E-state index is 12.0. The summed E-state index contributed by atoms with van der Waals surface area (Å²) in [6.07, 6.45) is 0. The Bertz CT molecular complexity index is 188. The van der Waals surface area contributed by atoms with Crippen molar-refractivity contribution in [1.29, 1.82) is 0 Å². The molecule has 0 radical (unpaired) electrons. The molecule has 1 saturated heterocycles. The molecule has 4 nitrogen and oxygen atoms in total. The highest BCUT2D eigenvalue weighted by atomic mass is 16.2. The number of hydrogen-bond acceptors (Lipinski definition) is 2. The molecule has 1 aliphatic rings. The van der Waals surface area contributed by atoms with Gasteiger partial charge in [0.15, 0.2) is 0 Å². The van der Waals surface area contributed by atoms with E-state index in [1.807, 2.05) is 30.6 Å². The van der Waals surface area contributed by atoms with E-state index in [0.29, 0.717) is 6.04 Å². The predicted molar refractivity (Wildman–Crippen MR) is 57.4 cm³/mol. The number of nitrogens with one attached hydrogen (secondary N) is 1. The number of nitrogens with zero attached hydrogens (tertiary/aromatic N) is 2. The summed E-state index contributed by atoms with van der Waals surface area (Å²) in [5.41, 5.74) is 0. The molecule has 4 heteroatoms. The Balaban J connectivity index is 2.53. The Labute approximate surface area is 86.2 Å². The Morgan fingerprint density at radius 3 is 2.07 bits per heavy atom. The van der Waals surface area contributed by atoms with Gasteiger partial charge in [-0.25, -0.2) is 4.79 Å². The van der Waals surface area contributed by atoms with Crippen LogP contribution in [0.2, 0.25) is 0 Å². The third kappa shape index (κ3) is 2.18. The average molecular weight is 199 g/mol. The molecule has 2 amide bonds. The van der Waals surface area contributed by atoms with Crippen LogP contribution in [0.4, 0.5) is 4.79 Å². The largest absolute Gasteiger partial charge is 0.325 e. The fourth-order valence-electron chi connectivity index (χ4n) is 1.72. The van der Waals surface area contributed by atoms with E-state index in [4.69, 9.17) is 0 Å². The molecule has 0 saturated carbocycles. The summed E-state index contributed by atoms with van der Waals surface area (Å²) in [7, 11) is 0. The number of carbonyl (C=O) groups excluding carboxylic acids is 1. The highest BCUT2D eigenvalue weighted by Crippen LogP contribution is 2.08. The number of amides is 2. The number of urea groups is 1. The lowest BCUT2D eigenvalue weighted by molar-refractivity contribution is 0.121.